The second-order valence-corrected chi connectivity index (χ2v) is 6.99. The van der Waals surface area contributed by atoms with E-state index in [2.05, 4.69) is 20.4 Å². The minimum Gasteiger partial charge on any atom is -0.307 e. The molecule has 1 amide bonds. The molecule has 0 aliphatic carbocycles. The Balaban J connectivity index is 1.62. The number of anilines is 1. The van der Waals surface area contributed by atoms with E-state index in [9.17, 15) is 14.4 Å². The Bertz CT molecular complexity index is 1310. The molecule has 0 spiro atoms. The number of benzene rings is 1. The first-order chi connectivity index (χ1) is 13.5. The van der Waals surface area contributed by atoms with Crippen LogP contribution in [0.2, 0.25) is 0 Å². The minimum atomic E-state index is -0.501. The summed E-state index contributed by atoms with van der Waals surface area (Å²) in [4.78, 5) is 43.9. The fraction of sp³-hybridized carbons (Fsp3) is 0.167. The van der Waals surface area contributed by atoms with E-state index < -0.39 is 5.69 Å². The lowest BCUT2D eigenvalue weighted by atomic mass is 10.1. The summed E-state index contributed by atoms with van der Waals surface area (Å²) in [6.45, 7) is 1.99. The molecule has 3 heterocycles. The molecule has 0 unspecified atom stereocenters. The quantitative estimate of drug-likeness (QED) is 0.546. The maximum absolute atomic E-state index is 12.6. The van der Waals surface area contributed by atoms with Crippen molar-refractivity contribution in [3.05, 3.63) is 62.4 Å². The zero-order valence-electron chi connectivity index (χ0n) is 15.1. The molecule has 0 saturated carbocycles. The standard InChI is InChI=1S/C18H16N6O3S/c1-3-24-16(26)12-5-4-10(6-13(12)21-18(24)27)15(25)22-17-20-14(9-28-17)11-7-19-23(2)8-11/h4-9H,3H2,1-2H3,(H,21,27)(H,20,22,25). The summed E-state index contributed by atoms with van der Waals surface area (Å²) >= 11 is 1.30. The van der Waals surface area contributed by atoms with Gasteiger partial charge in [0.2, 0.25) is 0 Å². The molecule has 3 aromatic heterocycles. The highest BCUT2D eigenvalue weighted by atomic mass is 32.1. The molecular weight excluding hydrogens is 380 g/mol. The van der Waals surface area contributed by atoms with Gasteiger partial charge in [-0.2, -0.15) is 5.10 Å². The Hall–Kier alpha value is -3.53. The summed E-state index contributed by atoms with van der Waals surface area (Å²) in [6.07, 6.45) is 3.53. The van der Waals surface area contributed by atoms with Gasteiger partial charge in [0.1, 0.15) is 0 Å². The van der Waals surface area contributed by atoms with Crippen LogP contribution in [0.4, 0.5) is 5.13 Å². The molecule has 10 heteroatoms. The van der Waals surface area contributed by atoms with E-state index in [0.717, 1.165) is 15.8 Å². The van der Waals surface area contributed by atoms with Crippen LogP contribution in [0.5, 0.6) is 0 Å². The van der Waals surface area contributed by atoms with Crippen LogP contribution in [-0.2, 0) is 13.6 Å². The van der Waals surface area contributed by atoms with Gasteiger partial charge in [0.15, 0.2) is 5.13 Å². The molecule has 0 aliphatic rings. The molecule has 0 bridgehead atoms. The molecule has 0 atom stereocenters. The van der Waals surface area contributed by atoms with Gasteiger partial charge in [-0.05, 0) is 25.1 Å². The second-order valence-electron chi connectivity index (χ2n) is 6.13. The van der Waals surface area contributed by atoms with Gasteiger partial charge in [-0.3, -0.25) is 24.2 Å². The molecular formula is C18H16N6O3S. The van der Waals surface area contributed by atoms with Crippen molar-refractivity contribution in [2.45, 2.75) is 13.5 Å². The van der Waals surface area contributed by atoms with Crippen LogP contribution < -0.4 is 16.6 Å². The van der Waals surface area contributed by atoms with Crippen molar-refractivity contribution in [1.29, 1.82) is 0 Å². The normalized spacial score (nSPS) is 11.1. The number of hydrogen-bond acceptors (Lipinski definition) is 6. The van der Waals surface area contributed by atoms with Crippen LogP contribution in [0.15, 0.2) is 45.6 Å². The van der Waals surface area contributed by atoms with Crippen molar-refractivity contribution in [1.82, 2.24) is 24.3 Å². The summed E-state index contributed by atoms with van der Waals surface area (Å²) < 4.78 is 2.78. The summed E-state index contributed by atoms with van der Waals surface area (Å²) in [7, 11) is 1.82. The van der Waals surface area contributed by atoms with Crippen LogP contribution >= 0.6 is 11.3 Å². The Morgan fingerprint density at radius 2 is 2.14 bits per heavy atom. The van der Waals surface area contributed by atoms with Crippen molar-refractivity contribution >= 4 is 33.3 Å². The molecule has 4 rings (SSSR count). The molecule has 28 heavy (non-hydrogen) atoms. The average molecular weight is 396 g/mol. The SMILES string of the molecule is CCn1c(=O)[nH]c2cc(C(=O)Nc3nc(-c4cnn(C)c4)cs3)ccc2c1=O. The van der Waals surface area contributed by atoms with E-state index in [-0.39, 0.29) is 18.0 Å². The van der Waals surface area contributed by atoms with Gasteiger partial charge in [-0.15, -0.1) is 11.3 Å². The Morgan fingerprint density at radius 3 is 2.86 bits per heavy atom. The monoisotopic (exact) mass is 396 g/mol. The summed E-state index contributed by atoms with van der Waals surface area (Å²) in [5, 5.41) is 9.47. The first-order valence-corrected chi connectivity index (χ1v) is 9.37. The van der Waals surface area contributed by atoms with Crippen LogP contribution in [0, 0.1) is 0 Å². The maximum Gasteiger partial charge on any atom is 0.328 e. The number of aromatic amines is 1. The lowest BCUT2D eigenvalue weighted by Crippen LogP contribution is -2.34. The van der Waals surface area contributed by atoms with E-state index in [1.165, 1.54) is 23.5 Å². The lowest BCUT2D eigenvalue weighted by Gasteiger charge is -2.06. The van der Waals surface area contributed by atoms with Crippen molar-refractivity contribution in [3.8, 4) is 11.3 Å². The van der Waals surface area contributed by atoms with Crippen LogP contribution in [0.3, 0.4) is 0 Å². The number of amides is 1. The Labute approximate surface area is 162 Å². The predicted octanol–water partition coefficient (Wildman–Crippen LogP) is 1.82. The summed E-state index contributed by atoms with van der Waals surface area (Å²) in [6, 6.07) is 4.58. The zero-order valence-corrected chi connectivity index (χ0v) is 15.9. The third-order valence-electron chi connectivity index (χ3n) is 4.29. The molecule has 9 nitrogen and oxygen atoms in total. The molecule has 2 N–H and O–H groups in total. The molecule has 4 aromatic rings. The topological polar surface area (TPSA) is 115 Å². The first-order valence-electron chi connectivity index (χ1n) is 8.49. The lowest BCUT2D eigenvalue weighted by molar-refractivity contribution is 0.102. The maximum atomic E-state index is 12.6. The summed E-state index contributed by atoms with van der Waals surface area (Å²) in [5.74, 6) is -0.380. The smallest absolute Gasteiger partial charge is 0.307 e. The number of nitrogens with one attached hydrogen (secondary N) is 2. The number of aromatic nitrogens is 5. The molecule has 0 radical (unpaired) electrons. The van der Waals surface area contributed by atoms with E-state index in [1.807, 2.05) is 18.6 Å². The molecule has 142 valence electrons. The number of hydrogen-bond donors (Lipinski definition) is 2. The molecule has 0 aliphatic heterocycles. The molecule has 0 fully saturated rings. The number of thiazole rings is 1. The number of aryl methyl sites for hydroxylation is 1. The van der Waals surface area contributed by atoms with E-state index in [0.29, 0.717) is 21.6 Å². The number of H-pyrrole nitrogens is 1. The number of carbonyl (C=O) groups is 1. The third kappa shape index (κ3) is 3.14. The van der Waals surface area contributed by atoms with Crippen LogP contribution in [0.25, 0.3) is 22.2 Å². The van der Waals surface area contributed by atoms with Gasteiger partial charge in [-0.1, -0.05) is 0 Å². The minimum absolute atomic E-state index is 0.273. The summed E-state index contributed by atoms with van der Waals surface area (Å²) in [5.41, 5.74) is 1.33. The fourth-order valence-corrected chi connectivity index (χ4v) is 3.58. The highest BCUT2D eigenvalue weighted by molar-refractivity contribution is 7.14. The Morgan fingerprint density at radius 1 is 1.32 bits per heavy atom. The average Bonchev–Trinajstić information content (AvgIpc) is 3.30. The third-order valence-corrected chi connectivity index (χ3v) is 5.04. The van der Waals surface area contributed by atoms with Gasteiger partial charge in [-0.25, -0.2) is 9.78 Å². The molecule has 0 saturated heterocycles. The van der Waals surface area contributed by atoms with Gasteiger partial charge in [0, 0.05) is 36.3 Å². The number of rotatable bonds is 4. The largest absolute Gasteiger partial charge is 0.328 e. The van der Waals surface area contributed by atoms with Gasteiger partial charge < -0.3 is 4.98 Å². The fourth-order valence-electron chi connectivity index (χ4n) is 2.87. The second kappa shape index (κ2) is 6.89. The van der Waals surface area contributed by atoms with Crippen molar-refractivity contribution < 1.29 is 4.79 Å². The van der Waals surface area contributed by atoms with Crippen molar-refractivity contribution in [3.63, 3.8) is 0 Å². The van der Waals surface area contributed by atoms with Gasteiger partial charge in [0.05, 0.1) is 22.8 Å². The van der Waals surface area contributed by atoms with Crippen LogP contribution in [0.1, 0.15) is 17.3 Å². The number of nitrogens with zero attached hydrogens (tertiary/aromatic N) is 4. The highest BCUT2D eigenvalue weighted by Gasteiger charge is 2.13. The van der Waals surface area contributed by atoms with Gasteiger partial charge >= 0.3 is 5.69 Å². The van der Waals surface area contributed by atoms with Crippen molar-refractivity contribution in [2.75, 3.05) is 5.32 Å². The van der Waals surface area contributed by atoms with Crippen LogP contribution in [-0.4, -0.2) is 30.2 Å². The molecule has 1 aromatic carbocycles. The van der Waals surface area contributed by atoms with E-state index in [1.54, 1.807) is 23.9 Å². The van der Waals surface area contributed by atoms with Crippen molar-refractivity contribution in [2.24, 2.45) is 7.05 Å². The highest BCUT2D eigenvalue weighted by Crippen LogP contribution is 2.24. The zero-order chi connectivity index (χ0) is 19.8. The van der Waals surface area contributed by atoms with E-state index in [4.69, 9.17) is 0 Å². The first kappa shape index (κ1) is 17.9. The van der Waals surface area contributed by atoms with Gasteiger partial charge in [0.25, 0.3) is 11.5 Å². The predicted molar refractivity (Wildman–Crippen MR) is 107 cm³/mol. The van der Waals surface area contributed by atoms with E-state index >= 15 is 0 Å². The number of carbonyl (C=O) groups excluding carboxylic acids is 1. The number of fused-ring (bicyclic) bond motifs is 1. The Kier molecular flexibility index (Phi) is 4.40.